The maximum atomic E-state index is 12.2. The van der Waals surface area contributed by atoms with E-state index in [0.717, 1.165) is 16.7 Å². The molecule has 2 aromatic carbocycles. The van der Waals surface area contributed by atoms with E-state index < -0.39 is 0 Å². The van der Waals surface area contributed by atoms with Gasteiger partial charge in [-0.15, -0.1) is 0 Å². The fraction of sp³-hybridized carbons (Fsp3) is 0.167. The Hall–Kier alpha value is -4.00. The summed E-state index contributed by atoms with van der Waals surface area (Å²) >= 11 is 0. The maximum Gasteiger partial charge on any atom is 0.251 e. The molecule has 1 heterocycles. The highest BCUT2D eigenvalue weighted by Crippen LogP contribution is 2.19. The van der Waals surface area contributed by atoms with E-state index in [4.69, 9.17) is 0 Å². The second-order valence-corrected chi connectivity index (χ2v) is 6.86. The van der Waals surface area contributed by atoms with E-state index in [9.17, 15) is 14.4 Å². The van der Waals surface area contributed by atoms with Crippen LogP contribution in [0, 0.1) is 0 Å². The Morgan fingerprint density at radius 1 is 0.710 bits per heavy atom. The van der Waals surface area contributed by atoms with Gasteiger partial charge in [-0.25, -0.2) is 0 Å². The number of nitrogens with zero attached hydrogens (tertiary/aromatic N) is 1. The molecular weight excluding hydrogens is 392 g/mol. The Morgan fingerprint density at radius 3 is 2.10 bits per heavy atom. The molecule has 0 saturated heterocycles. The molecule has 158 valence electrons. The molecule has 3 rings (SSSR count). The molecule has 0 aliphatic carbocycles. The molecular formula is C24H24N4O3. The Labute approximate surface area is 180 Å². The van der Waals surface area contributed by atoms with Crippen molar-refractivity contribution in [2.45, 2.75) is 13.0 Å². The number of amides is 3. The fourth-order valence-corrected chi connectivity index (χ4v) is 2.87. The number of aromatic nitrogens is 1. The first-order valence-corrected chi connectivity index (χ1v) is 9.98. The second-order valence-electron chi connectivity index (χ2n) is 6.86. The van der Waals surface area contributed by atoms with E-state index in [2.05, 4.69) is 20.9 Å². The van der Waals surface area contributed by atoms with Gasteiger partial charge in [0, 0.05) is 37.5 Å². The summed E-state index contributed by atoms with van der Waals surface area (Å²) in [4.78, 5) is 39.9. The molecule has 7 heteroatoms. The summed E-state index contributed by atoms with van der Waals surface area (Å²) in [6.07, 6.45) is 3.48. The molecule has 7 nitrogen and oxygen atoms in total. The predicted octanol–water partition coefficient (Wildman–Crippen LogP) is 2.30. The molecule has 0 saturated carbocycles. The standard InChI is InChI=1S/C24H24N4O3/c29-22(27-16-18-10-13-25-14-11-18)12-15-26-23(30)17-28-24(31)21-8-6-20(7-9-21)19-4-2-1-3-5-19/h1-11,13-14H,12,15-17H2,(H,26,30)(H,27,29)(H,28,31). The monoisotopic (exact) mass is 416 g/mol. The Kier molecular flexibility index (Phi) is 7.88. The molecule has 0 unspecified atom stereocenters. The van der Waals surface area contributed by atoms with Crippen molar-refractivity contribution in [3.05, 3.63) is 90.3 Å². The lowest BCUT2D eigenvalue weighted by atomic mass is 10.0. The van der Waals surface area contributed by atoms with Gasteiger partial charge in [-0.05, 0) is 41.0 Å². The van der Waals surface area contributed by atoms with Gasteiger partial charge in [0.25, 0.3) is 5.91 Å². The molecule has 0 aliphatic rings. The van der Waals surface area contributed by atoms with Gasteiger partial charge < -0.3 is 16.0 Å². The summed E-state index contributed by atoms with van der Waals surface area (Å²) in [5.41, 5.74) is 3.51. The molecule has 31 heavy (non-hydrogen) atoms. The van der Waals surface area contributed by atoms with Crippen molar-refractivity contribution < 1.29 is 14.4 Å². The van der Waals surface area contributed by atoms with Crippen LogP contribution in [-0.2, 0) is 16.1 Å². The average molecular weight is 416 g/mol. The number of pyridine rings is 1. The second kappa shape index (κ2) is 11.3. The smallest absolute Gasteiger partial charge is 0.251 e. The lowest BCUT2D eigenvalue weighted by Crippen LogP contribution is -2.38. The molecule has 0 atom stereocenters. The zero-order valence-electron chi connectivity index (χ0n) is 17.0. The summed E-state index contributed by atoms with van der Waals surface area (Å²) in [7, 11) is 0. The third-order valence-corrected chi connectivity index (χ3v) is 4.58. The summed E-state index contributed by atoms with van der Waals surface area (Å²) in [6.45, 7) is 0.453. The van der Waals surface area contributed by atoms with E-state index in [-0.39, 0.29) is 37.2 Å². The van der Waals surface area contributed by atoms with Gasteiger partial charge in [-0.1, -0.05) is 42.5 Å². The van der Waals surface area contributed by atoms with E-state index >= 15 is 0 Å². The van der Waals surface area contributed by atoms with Crippen LogP contribution >= 0.6 is 0 Å². The molecule has 0 radical (unpaired) electrons. The summed E-state index contributed by atoms with van der Waals surface area (Å²) < 4.78 is 0. The van der Waals surface area contributed by atoms with Crippen LogP contribution in [0.1, 0.15) is 22.3 Å². The normalized spacial score (nSPS) is 10.2. The van der Waals surface area contributed by atoms with Gasteiger partial charge in [0.05, 0.1) is 6.54 Å². The van der Waals surface area contributed by atoms with Crippen molar-refractivity contribution in [1.82, 2.24) is 20.9 Å². The molecule has 0 spiro atoms. The molecule has 0 bridgehead atoms. The molecule has 3 aromatic rings. The SMILES string of the molecule is O=C(CCNC(=O)CNC(=O)c1ccc(-c2ccccc2)cc1)NCc1ccncc1. The van der Waals surface area contributed by atoms with Crippen LogP contribution in [0.4, 0.5) is 0 Å². The lowest BCUT2D eigenvalue weighted by molar-refractivity contribution is -0.122. The predicted molar refractivity (Wildman–Crippen MR) is 118 cm³/mol. The summed E-state index contributed by atoms with van der Waals surface area (Å²) in [5.74, 6) is -0.847. The molecule has 0 aliphatic heterocycles. The highest BCUT2D eigenvalue weighted by atomic mass is 16.2. The largest absolute Gasteiger partial charge is 0.354 e. The highest BCUT2D eigenvalue weighted by molar-refractivity contribution is 5.96. The molecule has 3 amide bonds. The Balaban J connectivity index is 1.34. The van der Waals surface area contributed by atoms with Crippen molar-refractivity contribution in [3.63, 3.8) is 0 Å². The summed E-state index contributed by atoms with van der Waals surface area (Å²) in [5, 5.41) is 7.98. The zero-order chi connectivity index (χ0) is 21.9. The van der Waals surface area contributed by atoms with Gasteiger partial charge in [0.1, 0.15) is 0 Å². The summed E-state index contributed by atoms with van der Waals surface area (Å²) in [6, 6.07) is 20.7. The lowest BCUT2D eigenvalue weighted by Gasteiger charge is -2.08. The van der Waals surface area contributed by atoms with E-state index in [0.29, 0.717) is 12.1 Å². The maximum absolute atomic E-state index is 12.2. The Morgan fingerprint density at radius 2 is 1.39 bits per heavy atom. The van der Waals surface area contributed by atoms with Crippen molar-refractivity contribution in [1.29, 1.82) is 0 Å². The van der Waals surface area contributed by atoms with Gasteiger partial charge in [-0.3, -0.25) is 19.4 Å². The third kappa shape index (κ3) is 7.08. The minimum absolute atomic E-state index is 0.155. The number of carbonyl (C=O) groups is 3. The third-order valence-electron chi connectivity index (χ3n) is 4.58. The topological polar surface area (TPSA) is 100 Å². The first kappa shape index (κ1) is 21.7. The number of nitrogens with one attached hydrogen (secondary N) is 3. The van der Waals surface area contributed by atoms with Gasteiger partial charge in [-0.2, -0.15) is 0 Å². The number of hydrogen-bond donors (Lipinski definition) is 3. The fourth-order valence-electron chi connectivity index (χ4n) is 2.87. The van der Waals surface area contributed by atoms with Crippen molar-refractivity contribution in [3.8, 4) is 11.1 Å². The van der Waals surface area contributed by atoms with Crippen LogP contribution < -0.4 is 16.0 Å². The number of hydrogen-bond acceptors (Lipinski definition) is 4. The van der Waals surface area contributed by atoms with Crippen molar-refractivity contribution in [2.24, 2.45) is 0 Å². The van der Waals surface area contributed by atoms with E-state index in [1.54, 1.807) is 24.5 Å². The number of carbonyl (C=O) groups excluding carboxylic acids is 3. The van der Waals surface area contributed by atoms with Crippen molar-refractivity contribution in [2.75, 3.05) is 13.1 Å². The molecule has 1 aromatic heterocycles. The highest BCUT2D eigenvalue weighted by Gasteiger charge is 2.09. The van der Waals surface area contributed by atoms with Gasteiger partial charge >= 0.3 is 0 Å². The van der Waals surface area contributed by atoms with Crippen LogP contribution in [0.5, 0.6) is 0 Å². The van der Waals surface area contributed by atoms with E-state index in [1.807, 2.05) is 54.6 Å². The molecule has 3 N–H and O–H groups in total. The van der Waals surface area contributed by atoms with E-state index in [1.165, 1.54) is 0 Å². The number of benzene rings is 2. The number of rotatable bonds is 9. The minimum Gasteiger partial charge on any atom is -0.354 e. The average Bonchev–Trinajstić information content (AvgIpc) is 2.82. The van der Waals surface area contributed by atoms with Crippen LogP contribution in [0.25, 0.3) is 11.1 Å². The van der Waals surface area contributed by atoms with Crippen LogP contribution in [0.15, 0.2) is 79.1 Å². The first-order valence-electron chi connectivity index (χ1n) is 9.98. The zero-order valence-corrected chi connectivity index (χ0v) is 17.0. The van der Waals surface area contributed by atoms with Gasteiger partial charge in [0.2, 0.25) is 11.8 Å². The van der Waals surface area contributed by atoms with Crippen molar-refractivity contribution >= 4 is 17.7 Å². The van der Waals surface area contributed by atoms with Gasteiger partial charge in [0.15, 0.2) is 0 Å². The quantitative estimate of drug-likeness (QED) is 0.498. The molecule has 0 fully saturated rings. The minimum atomic E-state index is -0.351. The van der Waals surface area contributed by atoms with Crippen LogP contribution in [0.3, 0.4) is 0 Å². The first-order chi connectivity index (χ1) is 15.1. The Bertz CT molecular complexity index is 1010. The van der Waals surface area contributed by atoms with Crippen LogP contribution in [0.2, 0.25) is 0 Å². The van der Waals surface area contributed by atoms with Crippen LogP contribution in [-0.4, -0.2) is 35.8 Å².